The number of halogens is 3. The molecule has 12 heteroatoms. The van der Waals surface area contributed by atoms with Gasteiger partial charge in [0.2, 0.25) is 5.91 Å². The Labute approximate surface area is 226 Å². The van der Waals surface area contributed by atoms with E-state index in [9.17, 15) is 32.3 Å². The van der Waals surface area contributed by atoms with Crippen LogP contribution in [-0.4, -0.2) is 59.0 Å². The number of fused-ring (bicyclic) bond motifs is 2. The van der Waals surface area contributed by atoms with Crippen LogP contribution in [-0.2, 0) is 20.3 Å². The molecule has 1 saturated heterocycles. The molecule has 2 aromatic rings. The highest BCUT2D eigenvalue weighted by atomic mass is 32.2. The van der Waals surface area contributed by atoms with Crippen LogP contribution in [0.5, 0.6) is 0 Å². The number of likely N-dealkylation sites (tertiary alicyclic amines) is 1. The maximum absolute atomic E-state index is 14.5. The molecular weight excluding hydrogens is 535 g/mol. The van der Waals surface area contributed by atoms with Crippen molar-refractivity contribution in [3.63, 3.8) is 0 Å². The molecule has 0 spiro atoms. The molecule has 0 aromatic heterocycles. The van der Waals surface area contributed by atoms with E-state index in [1.165, 1.54) is 39.8 Å². The fraction of sp³-hybridized carbons (Fsp3) is 0.333. The number of allylic oxidation sites excluding steroid dienone is 1. The first kappa shape index (κ1) is 28.2. The molecule has 3 amide bonds. The van der Waals surface area contributed by atoms with E-state index in [4.69, 9.17) is 5.11 Å². The smallest absolute Gasteiger partial charge is 0.329 e. The average Bonchev–Trinajstić information content (AvgIpc) is 2.94. The predicted octanol–water partition coefficient (Wildman–Crippen LogP) is 5.04. The first-order valence-corrected chi connectivity index (χ1v) is 13.0. The number of nitrogens with zero attached hydrogens (tertiary/aromatic N) is 2. The van der Waals surface area contributed by atoms with E-state index in [0.29, 0.717) is 34.4 Å². The van der Waals surface area contributed by atoms with Gasteiger partial charge in [0.15, 0.2) is 5.78 Å². The Bertz CT molecular complexity index is 1320. The Morgan fingerprint density at radius 3 is 2.54 bits per heavy atom. The summed E-state index contributed by atoms with van der Waals surface area (Å²) in [5.41, 5.74) is 0.298. The highest BCUT2D eigenvalue weighted by Crippen LogP contribution is 2.50. The molecular formula is C27H26F3N3O5S. The monoisotopic (exact) mass is 561 g/mol. The third-order valence-electron chi connectivity index (χ3n) is 6.63. The zero-order chi connectivity index (χ0) is 28.3. The molecule has 2 aromatic carbocycles. The number of benzene rings is 2. The van der Waals surface area contributed by atoms with E-state index in [1.54, 1.807) is 24.3 Å². The molecule has 2 aliphatic rings. The van der Waals surface area contributed by atoms with Crippen molar-refractivity contribution in [2.45, 2.75) is 53.5 Å². The van der Waals surface area contributed by atoms with Gasteiger partial charge in [-0.25, -0.2) is 9.18 Å². The molecule has 39 heavy (non-hydrogen) atoms. The van der Waals surface area contributed by atoms with Gasteiger partial charge < -0.3 is 15.3 Å². The zero-order valence-electron chi connectivity index (χ0n) is 20.7. The second kappa shape index (κ2) is 11.5. The molecule has 1 unspecified atom stereocenters. The highest BCUT2D eigenvalue weighted by molar-refractivity contribution is 7.99. The molecule has 206 valence electrons. The molecule has 0 saturated carbocycles. The van der Waals surface area contributed by atoms with Gasteiger partial charge in [-0.1, -0.05) is 36.5 Å². The number of carboxylic acid groups (broad SMARTS) is 1. The summed E-state index contributed by atoms with van der Waals surface area (Å²) in [6, 6.07) is 7.61. The quantitative estimate of drug-likeness (QED) is 0.438. The van der Waals surface area contributed by atoms with Crippen molar-refractivity contribution in [1.29, 1.82) is 0 Å². The molecule has 2 atom stereocenters. The lowest BCUT2D eigenvalue weighted by atomic mass is 10.00. The van der Waals surface area contributed by atoms with E-state index < -0.39 is 54.8 Å². The number of nitrogens with one attached hydrogen (secondary N) is 1. The molecule has 4 rings (SSSR count). The topological polar surface area (TPSA) is 107 Å². The van der Waals surface area contributed by atoms with Crippen LogP contribution in [0.1, 0.15) is 31.2 Å². The summed E-state index contributed by atoms with van der Waals surface area (Å²) in [6.07, 6.45) is 1.05. The summed E-state index contributed by atoms with van der Waals surface area (Å²) < 4.78 is 42.1. The fourth-order valence-electron chi connectivity index (χ4n) is 4.63. The van der Waals surface area contributed by atoms with Gasteiger partial charge in [-0.2, -0.15) is 8.78 Å². The highest BCUT2D eigenvalue weighted by Gasteiger charge is 2.40. The summed E-state index contributed by atoms with van der Waals surface area (Å²) in [4.78, 5) is 54.2. The molecule has 0 bridgehead atoms. The normalized spacial score (nSPS) is 17.5. The van der Waals surface area contributed by atoms with Crippen molar-refractivity contribution in [2.24, 2.45) is 0 Å². The summed E-state index contributed by atoms with van der Waals surface area (Å²) in [5.74, 6) is -6.63. The number of aliphatic carboxylic acids is 1. The number of ketones is 1. The van der Waals surface area contributed by atoms with Crippen molar-refractivity contribution in [2.75, 3.05) is 18.1 Å². The lowest BCUT2D eigenvalue weighted by molar-refractivity contribution is -0.140. The third kappa shape index (κ3) is 5.80. The number of carbonyl (C=O) groups excluding carboxylic acids is 3. The SMILES string of the molecule is C=CC(F)(F)c1ccc2c(c1)N(C(=O)N1CCCC[C@H]1C(=O)NC(CC(=O)O)C(=O)CF)c1ccccc1S2. The van der Waals surface area contributed by atoms with Crippen LogP contribution in [0.4, 0.5) is 29.3 Å². The minimum atomic E-state index is -3.35. The number of carboxylic acids is 1. The van der Waals surface area contributed by atoms with Gasteiger partial charge in [-0.3, -0.25) is 19.3 Å². The Balaban J connectivity index is 1.71. The number of hydrogen-bond donors (Lipinski definition) is 2. The Hall–Kier alpha value is -3.80. The fourth-order valence-corrected chi connectivity index (χ4v) is 5.67. The van der Waals surface area contributed by atoms with Crippen molar-refractivity contribution >= 4 is 46.8 Å². The first-order valence-electron chi connectivity index (χ1n) is 12.2. The molecule has 0 aliphatic carbocycles. The van der Waals surface area contributed by atoms with Gasteiger partial charge >= 0.3 is 12.0 Å². The number of piperidine rings is 1. The van der Waals surface area contributed by atoms with Crippen molar-refractivity contribution < 1.29 is 37.5 Å². The number of anilines is 2. The number of hydrogen-bond acceptors (Lipinski definition) is 5. The Morgan fingerprint density at radius 2 is 1.85 bits per heavy atom. The number of alkyl halides is 3. The van der Waals surface area contributed by atoms with E-state index in [0.717, 1.165) is 0 Å². The van der Waals surface area contributed by atoms with E-state index in [2.05, 4.69) is 11.9 Å². The van der Waals surface area contributed by atoms with Gasteiger partial charge in [-0.05, 0) is 49.6 Å². The number of rotatable bonds is 8. The van der Waals surface area contributed by atoms with E-state index in [-0.39, 0.29) is 24.2 Å². The van der Waals surface area contributed by atoms with Crippen LogP contribution in [0.2, 0.25) is 0 Å². The lowest BCUT2D eigenvalue weighted by Gasteiger charge is -2.40. The Kier molecular flexibility index (Phi) is 8.34. The van der Waals surface area contributed by atoms with Gasteiger partial charge in [0.25, 0.3) is 5.92 Å². The van der Waals surface area contributed by atoms with Crippen molar-refractivity contribution in [3.8, 4) is 0 Å². The average molecular weight is 562 g/mol. The van der Waals surface area contributed by atoms with Gasteiger partial charge in [0.1, 0.15) is 18.8 Å². The molecule has 2 heterocycles. The largest absolute Gasteiger partial charge is 0.481 e. The second-order valence-corrected chi connectivity index (χ2v) is 10.2. The van der Waals surface area contributed by atoms with Crippen LogP contribution in [0.15, 0.2) is 64.9 Å². The number of Topliss-reactive ketones (excluding diaryl/α,β-unsaturated/α-hetero) is 1. The number of carbonyl (C=O) groups is 4. The summed E-state index contributed by atoms with van der Waals surface area (Å²) >= 11 is 1.31. The van der Waals surface area contributed by atoms with Gasteiger partial charge in [0.05, 0.1) is 17.8 Å². The van der Waals surface area contributed by atoms with Crippen LogP contribution >= 0.6 is 11.8 Å². The van der Waals surface area contributed by atoms with Crippen LogP contribution in [0.3, 0.4) is 0 Å². The molecule has 0 radical (unpaired) electrons. The van der Waals surface area contributed by atoms with Gasteiger partial charge in [0, 0.05) is 21.9 Å². The maximum Gasteiger partial charge on any atom is 0.329 e. The standard InChI is InChI=1S/C27H26F3N3O5S/c1-2-27(29,30)16-10-11-23-20(13-16)33(18-7-3-4-9-22(18)39-23)26(38)32-12-6-5-8-19(32)25(37)31-17(14-24(35)36)21(34)15-28/h2-4,7,9-11,13,17,19H,1,5-6,8,12,14-15H2,(H,31,37)(H,35,36)/t17?,19-/m0/s1. The summed E-state index contributed by atoms with van der Waals surface area (Å²) in [7, 11) is 0. The van der Waals surface area contributed by atoms with Crippen LogP contribution in [0.25, 0.3) is 0 Å². The second-order valence-electron chi connectivity index (χ2n) is 9.16. The summed E-state index contributed by atoms with van der Waals surface area (Å²) in [5, 5.41) is 11.4. The van der Waals surface area contributed by atoms with Crippen LogP contribution in [0, 0.1) is 0 Å². The number of urea groups is 1. The third-order valence-corrected chi connectivity index (χ3v) is 7.76. The predicted molar refractivity (Wildman–Crippen MR) is 138 cm³/mol. The maximum atomic E-state index is 14.5. The molecule has 2 N–H and O–H groups in total. The van der Waals surface area contributed by atoms with Crippen molar-refractivity contribution in [1.82, 2.24) is 10.2 Å². The molecule has 1 fully saturated rings. The van der Waals surface area contributed by atoms with Crippen LogP contribution < -0.4 is 10.2 Å². The van der Waals surface area contributed by atoms with E-state index in [1.807, 2.05) is 0 Å². The van der Waals surface area contributed by atoms with Crippen molar-refractivity contribution in [3.05, 3.63) is 60.7 Å². The first-order chi connectivity index (χ1) is 18.6. The number of amides is 3. The molecule has 2 aliphatic heterocycles. The lowest BCUT2D eigenvalue weighted by Crippen LogP contribution is -2.57. The van der Waals surface area contributed by atoms with Gasteiger partial charge in [-0.15, -0.1) is 0 Å². The summed E-state index contributed by atoms with van der Waals surface area (Å²) in [6.45, 7) is 1.90. The zero-order valence-corrected chi connectivity index (χ0v) is 21.6. The Morgan fingerprint density at radius 1 is 1.13 bits per heavy atom. The molecule has 8 nitrogen and oxygen atoms in total. The number of para-hydroxylation sites is 1. The van der Waals surface area contributed by atoms with E-state index >= 15 is 0 Å². The minimum absolute atomic E-state index is 0.154. The minimum Gasteiger partial charge on any atom is -0.481 e.